The molecular formula is C24H29N3O6S. The molecule has 1 atom stereocenters. The summed E-state index contributed by atoms with van der Waals surface area (Å²) in [5, 5.41) is 4.28. The molecule has 9 nitrogen and oxygen atoms in total. The number of hydrogen-bond donors (Lipinski definition) is 0. The van der Waals surface area contributed by atoms with E-state index in [1.807, 2.05) is 18.2 Å². The molecular weight excluding hydrogens is 458 g/mol. The summed E-state index contributed by atoms with van der Waals surface area (Å²) in [5.41, 5.74) is 2.75. The molecule has 1 saturated heterocycles. The SMILES string of the molecule is COCCOC1CCCN(S(=O)(=O)c2ccccc2-c2ccn3ncc(CC(=O)OC)c3c2)C1. The summed E-state index contributed by atoms with van der Waals surface area (Å²) in [5.74, 6) is -0.365. The van der Waals surface area contributed by atoms with Crippen molar-refractivity contribution >= 4 is 21.5 Å². The van der Waals surface area contributed by atoms with Crippen molar-refractivity contribution in [1.82, 2.24) is 13.9 Å². The van der Waals surface area contributed by atoms with Crippen LogP contribution in [0.15, 0.2) is 53.7 Å². The van der Waals surface area contributed by atoms with Gasteiger partial charge < -0.3 is 14.2 Å². The van der Waals surface area contributed by atoms with Crippen LogP contribution in [0.3, 0.4) is 0 Å². The van der Waals surface area contributed by atoms with Crippen LogP contribution >= 0.6 is 0 Å². The number of pyridine rings is 1. The van der Waals surface area contributed by atoms with Crippen LogP contribution in [-0.2, 0) is 35.4 Å². The molecule has 0 radical (unpaired) electrons. The Labute approximate surface area is 199 Å². The molecule has 1 fully saturated rings. The van der Waals surface area contributed by atoms with Gasteiger partial charge in [-0.25, -0.2) is 12.9 Å². The van der Waals surface area contributed by atoms with Gasteiger partial charge in [-0.1, -0.05) is 18.2 Å². The fourth-order valence-corrected chi connectivity index (χ4v) is 5.91. The number of rotatable bonds is 9. The van der Waals surface area contributed by atoms with E-state index in [1.54, 1.807) is 42.2 Å². The van der Waals surface area contributed by atoms with Crippen LogP contribution in [0.5, 0.6) is 0 Å². The van der Waals surface area contributed by atoms with Crippen molar-refractivity contribution in [3.63, 3.8) is 0 Å². The van der Waals surface area contributed by atoms with Crippen molar-refractivity contribution in [2.45, 2.75) is 30.3 Å². The second-order valence-electron chi connectivity index (χ2n) is 8.15. The van der Waals surface area contributed by atoms with Gasteiger partial charge in [-0.05, 0) is 36.6 Å². The largest absolute Gasteiger partial charge is 0.469 e. The van der Waals surface area contributed by atoms with Crippen molar-refractivity contribution in [1.29, 1.82) is 0 Å². The maximum absolute atomic E-state index is 13.7. The Kier molecular flexibility index (Phi) is 7.62. The van der Waals surface area contributed by atoms with Crippen molar-refractivity contribution in [3.05, 3.63) is 54.4 Å². The highest BCUT2D eigenvalue weighted by atomic mass is 32.2. The smallest absolute Gasteiger partial charge is 0.310 e. The third-order valence-corrected chi connectivity index (χ3v) is 7.88. The van der Waals surface area contributed by atoms with Gasteiger partial charge in [-0.2, -0.15) is 9.40 Å². The fraction of sp³-hybridized carbons (Fsp3) is 0.417. The average molecular weight is 488 g/mol. The lowest BCUT2D eigenvalue weighted by Gasteiger charge is -2.32. The van der Waals surface area contributed by atoms with E-state index in [-0.39, 0.29) is 23.4 Å². The number of aromatic nitrogens is 2. The Bertz CT molecular complexity index is 1260. The standard InChI is InChI=1S/C24H29N3O6S/c1-31-12-13-33-20-6-5-10-26(17-20)34(29,30)23-8-4-3-7-21(23)18-9-11-27-22(14-18)19(16-25-27)15-24(28)32-2/h3-4,7-9,11,14,16,20H,5-6,10,12-13,15,17H2,1-2H3. The number of fused-ring (bicyclic) bond motifs is 1. The Hall–Kier alpha value is -2.79. The van der Waals surface area contributed by atoms with Crippen molar-refractivity contribution in [2.75, 3.05) is 40.5 Å². The number of piperidine rings is 1. The van der Waals surface area contributed by atoms with Gasteiger partial charge in [0.2, 0.25) is 10.0 Å². The zero-order chi connectivity index (χ0) is 24.1. The van der Waals surface area contributed by atoms with Crippen LogP contribution in [0.2, 0.25) is 0 Å². The van der Waals surface area contributed by atoms with Gasteiger partial charge >= 0.3 is 5.97 Å². The van der Waals surface area contributed by atoms with Crippen LogP contribution < -0.4 is 0 Å². The lowest BCUT2D eigenvalue weighted by molar-refractivity contribution is -0.139. The topological polar surface area (TPSA) is 99.4 Å². The van der Waals surface area contributed by atoms with Crippen LogP contribution in [0, 0.1) is 0 Å². The molecule has 182 valence electrons. The first kappa shape index (κ1) is 24.3. The fourth-order valence-electron chi connectivity index (χ4n) is 4.19. The summed E-state index contributed by atoms with van der Waals surface area (Å²) in [6, 6.07) is 10.7. The molecule has 4 rings (SSSR count). The number of ether oxygens (including phenoxy) is 3. The number of carbonyl (C=O) groups excluding carboxylic acids is 1. The summed E-state index contributed by atoms with van der Waals surface area (Å²) >= 11 is 0. The van der Waals surface area contributed by atoms with Crippen LogP contribution in [0.1, 0.15) is 18.4 Å². The zero-order valence-electron chi connectivity index (χ0n) is 19.3. The number of sulfonamides is 1. The second kappa shape index (κ2) is 10.6. The number of nitrogens with zero attached hydrogens (tertiary/aromatic N) is 3. The maximum atomic E-state index is 13.7. The van der Waals surface area contributed by atoms with Gasteiger partial charge in [0.25, 0.3) is 0 Å². The molecule has 34 heavy (non-hydrogen) atoms. The summed E-state index contributed by atoms with van der Waals surface area (Å²) in [6.45, 7) is 1.67. The third-order valence-electron chi connectivity index (χ3n) is 5.96. The molecule has 3 aromatic rings. The molecule has 0 N–H and O–H groups in total. The number of hydrogen-bond acceptors (Lipinski definition) is 7. The molecule has 1 aromatic carbocycles. The first-order valence-corrected chi connectivity index (χ1v) is 12.6. The van der Waals surface area contributed by atoms with E-state index in [2.05, 4.69) is 5.10 Å². The summed E-state index contributed by atoms with van der Waals surface area (Å²) in [7, 11) is -0.801. The van der Waals surface area contributed by atoms with Gasteiger partial charge in [-0.3, -0.25) is 4.79 Å². The normalized spacial score (nSPS) is 17.2. The maximum Gasteiger partial charge on any atom is 0.310 e. The van der Waals surface area contributed by atoms with Crippen LogP contribution in [-0.4, -0.2) is 74.9 Å². The van der Waals surface area contributed by atoms with E-state index in [9.17, 15) is 13.2 Å². The molecule has 1 unspecified atom stereocenters. The highest BCUT2D eigenvalue weighted by molar-refractivity contribution is 7.89. The molecule has 0 aliphatic carbocycles. The van der Waals surface area contributed by atoms with Crippen molar-refractivity contribution < 1.29 is 27.4 Å². The highest BCUT2D eigenvalue weighted by Crippen LogP contribution is 2.32. The van der Waals surface area contributed by atoms with E-state index in [0.717, 1.165) is 23.9 Å². The first-order chi connectivity index (χ1) is 16.4. The molecule has 1 aliphatic rings. The van der Waals surface area contributed by atoms with Crippen molar-refractivity contribution in [3.8, 4) is 11.1 Å². The van der Waals surface area contributed by atoms with Gasteiger partial charge in [0.15, 0.2) is 0 Å². The van der Waals surface area contributed by atoms with Crippen LogP contribution in [0.4, 0.5) is 0 Å². The van der Waals surface area contributed by atoms with E-state index in [1.165, 1.54) is 11.4 Å². The Morgan fingerprint density at radius 1 is 1.18 bits per heavy atom. The Balaban J connectivity index is 1.66. The van der Waals surface area contributed by atoms with Gasteiger partial charge in [0.05, 0.1) is 49.5 Å². The monoisotopic (exact) mass is 487 g/mol. The van der Waals surface area contributed by atoms with Gasteiger partial charge in [0.1, 0.15) is 0 Å². The Morgan fingerprint density at radius 3 is 2.79 bits per heavy atom. The highest BCUT2D eigenvalue weighted by Gasteiger charge is 2.32. The van der Waals surface area contributed by atoms with Gasteiger partial charge in [-0.15, -0.1) is 0 Å². The molecule has 0 spiro atoms. The lowest BCUT2D eigenvalue weighted by Crippen LogP contribution is -2.43. The molecule has 0 amide bonds. The molecule has 0 saturated carbocycles. The Morgan fingerprint density at radius 2 is 2.00 bits per heavy atom. The average Bonchev–Trinajstić information content (AvgIpc) is 3.26. The number of benzene rings is 1. The quantitative estimate of drug-likeness (QED) is 0.338. The minimum atomic E-state index is -3.75. The first-order valence-electron chi connectivity index (χ1n) is 11.2. The van der Waals surface area contributed by atoms with E-state index in [0.29, 0.717) is 37.4 Å². The molecule has 3 heterocycles. The minimum Gasteiger partial charge on any atom is -0.469 e. The molecule has 0 bridgehead atoms. The predicted molar refractivity (Wildman–Crippen MR) is 126 cm³/mol. The van der Waals surface area contributed by atoms with E-state index in [4.69, 9.17) is 14.2 Å². The third kappa shape index (κ3) is 5.15. The molecule has 2 aromatic heterocycles. The zero-order valence-corrected chi connectivity index (χ0v) is 20.2. The van der Waals surface area contributed by atoms with Crippen molar-refractivity contribution in [2.24, 2.45) is 0 Å². The number of carbonyl (C=O) groups is 1. The molecule has 1 aliphatic heterocycles. The summed E-state index contributed by atoms with van der Waals surface area (Å²) in [4.78, 5) is 12.0. The predicted octanol–water partition coefficient (Wildman–Crippen LogP) is 2.53. The van der Waals surface area contributed by atoms with E-state index >= 15 is 0 Å². The van der Waals surface area contributed by atoms with Crippen LogP contribution in [0.25, 0.3) is 16.6 Å². The minimum absolute atomic E-state index is 0.0850. The van der Waals surface area contributed by atoms with Gasteiger partial charge in [0, 0.05) is 37.5 Å². The summed E-state index contributed by atoms with van der Waals surface area (Å²) in [6.07, 6.45) is 4.86. The lowest BCUT2D eigenvalue weighted by atomic mass is 10.1. The second-order valence-corrected chi connectivity index (χ2v) is 10.1. The number of methoxy groups -OCH3 is 2. The number of esters is 1. The van der Waals surface area contributed by atoms with E-state index < -0.39 is 10.0 Å². The summed E-state index contributed by atoms with van der Waals surface area (Å²) < 4.78 is 46.2. The molecule has 10 heteroatoms.